The number of nitrogens with one attached hydrogen (secondary N) is 1. The van der Waals surface area contributed by atoms with Gasteiger partial charge in [-0.25, -0.2) is 0 Å². The van der Waals surface area contributed by atoms with Crippen LogP contribution in [0.3, 0.4) is 0 Å². The van der Waals surface area contributed by atoms with Crippen molar-refractivity contribution in [1.82, 2.24) is 19.8 Å². The number of anilines is 1. The zero-order valence-corrected chi connectivity index (χ0v) is 14.9. The van der Waals surface area contributed by atoms with E-state index in [9.17, 15) is 4.79 Å². The number of amides is 1. The monoisotopic (exact) mass is 355 g/mol. The Labute approximate surface area is 148 Å². The van der Waals surface area contributed by atoms with Crippen molar-refractivity contribution >= 4 is 27.9 Å². The number of ether oxygens (including phenoxy) is 1. The summed E-state index contributed by atoms with van der Waals surface area (Å²) < 4.78 is 6.80. The molecule has 3 aromatic rings. The van der Waals surface area contributed by atoms with Crippen LogP contribution in [0.25, 0.3) is 15.5 Å². The van der Waals surface area contributed by atoms with E-state index in [-0.39, 0.29) is 11.7 Å². The van der Waals surface area contributed by atoms with Crippen molar-refractivity contribution < 1.29 is 9.53 Å². The molecule has 0 aliphatic rings. The van der Waals surface area contributed by atoms with E-state index in [1.165, 1.54) is 17.6 Å². The number of aromatic nitrogens is 4. The lowest BCUT2D eigenvalue weighted by molar-refractivity contribution is -0.115. The Morgan fingerprint density at radius 3 is 2.80 bits per heavy atom. The van der Waals surface area contributed by atoms with Gasteiger partial charge in [-0.05, 0) is 50.6 Å². The lowest BCUT2D eigenvalue weighted by Crippen LogP contribution is -2.15. The van der Waals surface area contributed by atoms with E-state index in [0.29, 0.717) is 5.69 Å². The standard InChI is InChI=1S/C17H17N5O2S/c1-5-14(24-6-2)15(23)18-13-8-7-12(9-10(13)3)16-21-22-11(4)19-20-17(22)25-16/h5-9H,2H2,1,3-4H3,(H,18,23)/b14-5-. The number of aryl methyl sites for hydroxylation is 2. The second-order valence-corrected chi connectivity index (χ2v) is 6.23. The molecule has 2 aromatic heterocycles. The maximum atomic E-state index is 12.2. The van der Waals surface area contributed by atoms with Crippen molar-refractivity contribution in [2.45, 2.75) is 20.8 Å². The van der Waals surface area contributed by atoms with Gasteiger partial charge in [-0.1, -0.05) is 17.9 Å². The summed E-state index contributed by atoms with van der Waals surface area (Å²) >= 11 is 1.47. The van der Waals surface area contributed by atoms with Crippen LogP contribution in [0.2, 0.25) is 0 Å². The fraction of sp³-hybridized carbons (Fsp3) is 0.176. The van der Waals surface area contributed by atoms with Gasteiger partial charge < -0.3 is 10.1 Å². The lowest BCUT2D eigenvalue weighted by Gasteiger charge is -2.10. The van der Waals surface area contributed by atoms with Gasteiger partial charge in [0.25, 0.3) is 5.91 Å². The molecule has 7 nitrogen and oxygen atoms in total. The van der Waals surface area contributed by atoms with E-state index < -0.39 is 0 Å². The Morgan fingerprint density at radius 2 is 2.16 bits per heavy atom. The molecule has 0 unspecified atom stereocenters. The van der Waals surface area contributed by atoms with Gasteiger partial charge in [-0.3, -0.25) is 4.79 Å². The molecular formula is C17H17N5O2S. The summed E-state index contributed by atoms with van der Waals surface area (Å²) in [6.45, 7) is 8.97. The van der Waals surface area contributed by atoms with Gasteiger partial charge in [0.15, 0.2) is 11.6 Å². The van der Waals surface area contributed by atoms with Gasteiger partial charge >= 0.3 is 0 Å². The maximum Gasteiger partial charge on any atom is 0.291 e. The molecule has 0 aliphatic carbocycles. The summed E-state index contributed by atoms with van der Waals surface area (Å²) in [4.78, 5) is 12.9. The Morgan fingerprint density at radius 1 is 1.36 bits per heavy atom. The van der Waals surface area contributed by atoms with Gasteiger partial charge in [-0.2, -0.15) is 9.61 Å². The molecule has 128 valence electrons. The molecular weight excluding hydrogens is 338 g/mol. The molecule has 1 amide bonds. The third-order valence-electron chi connectivity index (χ3n) is 3.56. The molecule has 0 radical (unpaired) electrons. The molecule has 0 atom stereocenters. The highest BCUT2D eigenvalue weighted by Crippen LogP contribution is 2.28. The van der Waals surface area contributed by atoms with E-state index in [2.05, 4.69) is 27.2 Å². The molecule has 3 rings (SSSR count). The predicted molar refractivity (Wildman–Crippen MR) is 97.2 cm³/mol. The first-order valence-corrected chi connectivity index (χ1v) is 8.40. The molecule has 2 heterocycles. The molecule has 1 aromatic carbocycles. The molecule has 0 bridgehead atoms. The SMILES string of the molecule is C=CO/C(=C\C)C(=O)Nc1ccc(-c2nn3c(C)nnc3s2)cc1C. The van der Waals surface area contributed by atoms with Crippen LogP contribution in [0.4, 0.5) is 5.69 Å². The third kappa shape index (κ3) is 3.29. The summed E-state index contributed by atoms with van der Waals surface area (Å²) in [5.41, 5.74) is 2.58. The zero-order valence-electron chi connectivity index (χ0n) is 14.1. The highest BCUT2D eigenvalue weighted by atomic mass is 32.1. The topological polar surface area (TPSA) is 81.4 Å². The van der Waals surface area contributed by atoms with Crippen LogP contribution in [-0.4, -0.2) is 25.7 Å². The number of nitrogens with zero attached hydrogens (tertiary/aromatic N) is 4. The summed E-state index contributed by atoms with van der Waals surface area (Å²) in [5.74, 6) is 0.620. The number of benzene rings is 1. The van der Waals surface area contributed by atoms with Crippen LogP contribution < -0.4 is 5.32 Å². The summed E-state index contributed by atoms with van der Waals surface area (Å²) in [6, 6.07) is 5.73. The van der Waals surface area contributed by atoms with Crippen LogP contribution in [0.15, 0.2) is 42.9 Å². The molecule has 0 spiro atoms. The average Bonchev–Trinajstić information content (AvgIpc) is 3.16. The second kappa shape index (κ2) is 6.86. The van der Waals surface area contributed by atoms with Gasteiger partial charge in [-0.15, -0.1) is 10.2 Å². The highest BCUT2D eigenvalue weighted by molar-refractivity contribution is 7.19. The minimum atomic E-state index is -0.326. The number of rotatable bonds is 5. The van der Waals surface area contributed by atoms with E-state index in [4.69, 9.17) is 4.74 Å². The fourth-order valence-corrected chi connectivity index (χ4v) is 3.18. The zero-order chi connectivity index (χ0) is 18.0. The quantitative estimate of drug-likeness (QED) is 0.560. The number of hydrogen-bond acceptors (Lipinski definition) is 6. The van der Waals surface area contributed by atoms with E-state index in [0.717, 1.165) is 26.9 Å². The molecule has 0 saturated heterocycles. The Hall–Kier alpha value is -3.00. The Bertz CT molecular complexity index is 986. The molecule has 25 heavy (non-hydrogen) atoms. The van der Waals surface area contributed by atoms with E-state index in [1.54, 1.807) is 17.5 Å². The molecule has 0 fully saturated rings. The van der Waals surface area contributed by atoms with Crippen molar-refractivity contribution in [2.24, 2.45) is 0 Å². The first-order chi connectivity index (χ1) is 12.0. The van der Waals surface area contributed by atoms with Gasteiger partial charge in [0, 0.05) is 11.3 Å². The van der Waals surface area contributed by atoms with Gasteiger partial charge in [0.2, 0.25) is 4.96 Å². The average molecular weight is 355 g/mol. The maximum absolute atomic E-state index is 12.2. The lowest BCUT2D eigenvalue weighted by atomic mass is 10.1. The predicted octanol–water partition coefficient (Wildman–Crippen LogP) is 3.47. The van der Waals surface area contributed by atoms with Crippen molar-refractivity contribution in [1.29, 1.82) is 0 Å². The van der Waals surface area contributed by atoms with Crippen LogP contribution in [0.1, 0.15) is 18.3 Å². The first kappa shape index (κ1) is 16.8. The van der Waals surface area contributed by atoms with Crippen molar-refractivity contribution in [3.63, 3.8) is 0 Å². The summed E-state index contributed by atoms with van der Waals surface area (Å²) in [6.07, 6.45) is 2.81. The minimum Gasteiger partial charge on any atom is -0.460 e. The van der Waals surface area contributed by atoms with Crippen molar-refractivity contribution in [3.05, 3.63) is 54.3 Å². The van der Waals surface area contributed by atoms with Crippen LogP contribution >= 0.6 is 11.3 Å². The summed E-state index contributed by atoms with van der Waals surface area (Å²) in [7, 11) is 0. The highest BCUT2D eigenvalue weighted by Gasteiger charge is 2.14. The molecule has 0 saturated carbocycles. The second-order valence-electron chi connectivity index (χ2n) is 5.27. The fourth-order valence-electron chi connectivity index (χ4n) is 2.29. The van der Waals surface area contributed by atoms with E-state index in [1.807, 2.05) is 32.0 Å². The number of fused-ring (bicyclic) bond motifs is 1. The number of carbonyl (C=O) groups is 1. The first-order valence-electron chi connectivity index (χ1n) is 7.58. The van der Waals surface area contributed by atoms with Crippen molar-refractivity contribution in [3.8, 4) is 10.6 Å². The number of carbonyl (C=O) groups excluding carboxylic acids is 1. The van der Waals surface area contributed by atoms with Gasteiger partial charge in [0.1, 0.15) is 5.01 Å². The van der Waals surface area contributed by atoms with Crippen LogP contribution in [-0.2, 0) is 9.53 Å². The number of hydrogen-bond donors (Lipinski definition) is 1. The Kier molecular flexibility index (Phi) is 4.62. The largest absolute Gasteiger partial charge is 0.460 e. The normalized spacial score (nSPS) is 11.6. The third-order valence-corrected chi connectivity index (χ3v) is 4.51. The molecule has 8 heteroatoms. The molecule has 0 aliphatic heterocycles. The Balaban J connectivity index is 1.85. The van der Waals surface area contributed by atoms with Crippen LogP contribution in [0.5, 0.6) is 0 Å². The van der Waals surface area contributed by atoms with Crippen LogP contribution in [0, 0.1) is 13.8 Å². The van der Waals surface area contributed by atoms with Crippen molar-refractivity contribution in [2.75, 3.05) is 5.32 Å². The minimum absolute atomic E-state index is 0.197. The smallest absolute Gasteiger partial charge is 0.291 e. The van der Waals surface area contributed by atoms with E-state index >= 15 is 0 Å². The van der Waals surface area contributed by atoms with Gasteiger partial charge in [0.05, 0.1) is 6.26 Å². The molecule has 1 N–H and O–H groups in total. The number of allylic oxidation sites excluding steroid dienone is 1. The summed E-state index contributed by atoms with van der Waals surface area (Å²) in [5, 5.41) is 16.3.